The second-order valence-corrected chi connectivity index (χ2v) is 4.48. The first-order chi connectivity index (χ1) is 7.58. The third-order valence-electron chi connectivity index (χ3n) is 3.25. The van der Waals surface area contributed by atoms with Gasteiger partial charge in [-0.05, 0) is 30.5 Å². The quantitative estimate of drug-likeness (QED) is 0.713. The lowest BCUT2D eigenvalue weighted by molar-refractivity contribution is 0.103. The molecule has 1 aliphatic heterocycles. The fourth-order valence-corrected chi connectivity index (χ4v) is 2.06. The van der Waals surface area contributed by atoms with E-state index in [1.807, 2.05) is 11.8 Å². The highest BCUT2D eigenvalue weighted by atomic mass is 19.1. The largest absolute Gasteiger partial charge is 0.397 e. The average Bonchev–Trinajstić information content (AvgIpc) is 2.26. The molecule has 1 aliphatic rings. The molecule has 0 bridgehead atoms. The summed E-state index contributed by atoms with van der Waals surface area (Å²) in [5.74, 6) is 0.00310. The van der Waals surface area contributed by atoms with E-state index in [9.17, 15) is 9.50 Å². The summed E-state index contributed by atoms with van der Waals surface area (Å²) < 4.78 is 13.1. The zero-order valence-electron chi connectivity index (χ0n) is 9.36. The first-order valence-electron chi connectivity index (χ1n) is 5.56. The molecule has 1 fully saturated rings. The summed E-state index contributed by atoms with van der Waals surface area (Å²) in [6, 6.07) is 4.34. The standard InChI is InChI=1S/C12H17FN2O/c1-8-4-5-15(7-12(8)16)11-6-9(13)2-3-10(11)14/h2-3,6,8,12,16H,4-5,7,14H2,1H3. The van der Waals surface area contributed by atoms with Gasteiger partial charge in [-0.15, -0.1) is 0 Å². The number of aliphatic hydroxyl groups excluding tert-OH is 1. The highest BCUT2D eigenvalue weighted by Crippen LogP contribution is 2.28. The Balaban J connectivity index is 2.21. The number of nitrogens with two attached hydrogens (primary N) is 1. The Morgan fingerprint density at radius 2 is 2.25 bits per heavy atom. The fraction of sp³-hybridized carbons (Fsp3) is 0.500. The number of benzene rings is 1. The van der Waals surface area contributed by atoms with E-state index in [1.165, 1.54) is 12.1 Å². The molecule has 2 atom stereocenters. The van der Waals surface area contributed by atoms with Crippen LogP contribution in [0.1, 0.15) is 13.3 Å². The summed E-state index contributed by atoms with van der Waals surface area (Å²) in [7, 11) is 0. The van der Waals surface area contributed by atoms with Crippen molar-refractivity contribution in [1.82, 2.24) is 0 Å². The van der Waals surface area contributed by atoms with Crippen LogP contribution in [0.2, 0.25) is 0 Å². The van der Waals surface area contributed by atoms with Crippen LogP contribution in [0, 0.1) is 11.7 Å². The molecule has 0 spiro atoms. The Morgan fingerprint density at radius 3 is 2.94 bits per heavy atom. The molecule has 4 heteroatoms. The molecule has 2 unspecified atom stereocenters. The molecule has 1 heterocycles. The molecular formula is C12H17FN2O. The van der Waals surface area contributed by atoms with Crippen molar-refractivity contribution < 1.29 is 9.50 Å². The number of nitrogen functional groups attached to an aromatic ring is 1. The van der Waals surface area contributed by atoms with E-state index in [2.05, 4.69) is 0 Å². The number of hydrogen-bond donors (Lipinski definition) is 2. The zero-order valence-corrected chi connectivity index (χ0v) is 9.36. The van der Waals surface area contributed by atoms with Crippen molar-refractivity contribution in [3.63, 3.8) is 0 Å². The van der Waals surface area contributed by atoms with Gasteiger partial charge >= 0.3 is 0 Å². The minimum absolute atomic E-state index is 0.294. The van der Waals surface area contributed by atoms with Crippen LogP contribution in [0.5, 0.6) is 0 Å². The third kappa shape index (κ3) is 2.11. The Kier molecular flexibility index (Phi) is 3.01. The topological polar surface area (TPSA) is 49.5 Å². The summed E-state index contributed by atoms with van der Waals surface area (Å²) in [5.41, 5.74) is 7.05. The Hall–Kier alpha value is -1.29. The summed E-state index contributed by atoms with van der Waals surface area (Å²) in [4.78, 5) is 1.95. The van der Waals surface area contributed by atoms with Crippen LogP contribution < -0.4 is 10.6 Å². The predicted molar refractivity (Wildman–Crippen MR) is 62.8 cm³/mol. The van der Waals surface area contributed by atoms with E-state index in [4.69, 9.17) is 5.73 Å². The van der Waals surface area contributed by atoms with Gasteiger partial charge in [-0.2, -0.15) is 0 Å². The number of nitrogens with zero attached hydrogens (tertiary/aromatic N) is 1. The maximum atomic E-state index is 13.1. The zero-order chi connectivity index (χ0) is 11.7. The van der Waals surface area contributed by atoms with Gasteiger partial charge in [0.15, 0.2) is 0 Å². The van der Waals surface area contributed by atoms with Crippen LogP contribution in [0.15, 0.2) is 18.2 Å². The Bertz CT molecular complexity index is 383. The molecular weight excluding hydrogens is 207 g/mol. The van der Waals surface area contributed by atoms with E-state index in [0.717, 1.165) is 13.0 Å². The van der Waals surface area contributed by atoms with Gasteiger partial charge in [-0.1, -0.05) is 6.92 Å². The molecule has 3 nitrogen and oxygen atoms in total. The van der Waals surface area contributed by atoms with Gasteiger partial charge in [0.2, 0.25) is 0 Å². The summed E-state index contributed by atoms with van der Waals surface area (Å²) in [6.45, 7) is 3.36. The summed E-state index contributed by atoms with van der Waals surface area (Å²) in [6.07, 6.45) is 0.535. The molecule has 0 radical (unpaired) electrons. The third-order valence-corrected chi connectivity index (χ3v) is 3.25. The summed E-state index contributed by atoms with van der Waals surface area (Å²) >= 11 is 0. The first kappa shape index (κ1) is 11.2. The predicted octanol–water partition coefficient (Wildman–Crippen LogP) is 1.61. The molecule has 1 aromatic rings. The number of aliphatic hydroxyl groups is 1. The van der Waals surface area contributed by atoms with Crippen molar-refractivity contribution >= 4 is 11.4 Å². The van der Waals surface area contributed by atoms with Gasteiger partial charge < -0.3 is 15.7 Å². The Labute approximate surface area is 94.7 Å². The van der Waals surface area contributed by atoms with Crippen LogP contribution in [-0.2, 0) is 0 Å². The van der Waals surface area contributed by atoms with Crippen molar-refractivity contribution in [2.75, 3.05) is 23.7 Å². The average molecular weight is 224 g/mol. The van der Waals surface area contributed by atoms with Gasteiger partial charge in [0.25, 0.3) is 0 Å². The lowest BCUT2D eigenvalue weighted by Crippen LogP contribution is -2.43. The highest BCUT2D eigenvalue weighted by Gasteiger charge is 2.25. The van der Waals surface area contributed by atoms with Crippen molar-refractivity contribution in [1.29, 1.82) is 0 Å². The second kappa shape index (κ2) is 4.29. The molecule has 88 valence electrons. The van der Waals surface area contributed by atoms with Crippen molar-refractivity contribution in [2.45, 2.75) is 19.4 Å². The SMILES string of the molecule is CC1CCN(c2cc(F)ccc2N)CC1O. The number of piperidine rings is 1. The Morgan fingerprint density at radius 1 is 1.50 bits per heavy atom. The lowest BCUT2D eigenvalue weighted by Gasteiger charge is -2.36. The van der Waals surface area contributed by atoms with Crippen molar-refractivity contribution in [3.05, 3.63) is 24.0 Å². The van der Waals surface area contributed by atoms with Crippen LogP contribution >= 0.6 is 0 Å². The number of halogens is 1. The number of anilines is 2. The van der Waals surface area contributed by atoms with Crippen LogP contribution in [0.25, 0.3) is 0 Å². The number of rotatable bonds is 1. The lowest BCUT2D eigenvalue weighted by atomic mass is 9.95. The molecule has 1 aromatic carbocycles. The van der Waals surface area contributed by atoms with Crippen molar-refractivity contribution in [3.8, 4) is 0 Å². The van der Waals surface area contributed by atoms with E-state index < -0.39 is 0 Å². The van der Waals surface area contributed by atoms with E-state index >= 15 is 0 Å². The smallest absolute Gasteiger partial charge is 0.125 e. The number of β-amino-alcohol motifs (C(OH)–C–C–N with tert-alkyl or cyclic N) is 1. The van der Waals surface area contributed by atoms with Gasteiger partial charge in [-0.25, -0.2) is 4.39 Å². The van der Waals surface area contributed by atoms with Crippen LogP contribution in [0.4, 0.5) is 15.8 Å². The highest BCUT2D eigenvalue weighted by molar-refractivity contribution is 5.67. The first-order valence-corrected chi connectivity index (χ1v) is 5.56. The molecule has 2 rings (SSSR count). The molecule has 0 amide bonds. The molecule has 0 saturated carbocycles. The van der Waals surface area contributed by atoms with Crippen LogP contribution in [0.3, 0.4) is 0 Å². The van der Waals surface area contributed by atoms with Gasteiger partial charge in [0.05, 0.1) is 17.5 Å². The maximum Gasteiger partial charge on any atom is 0.125 e. The van der Waals surface area contributed by atoms with E-state index in [1.54, 1.807) is 6.07 Å². The number of hydrogen-bond acceptors (Lipinski definition) is 3. The van der Waals surface area contributed by atoms with E-state index in [0.29, 0.717) is 23.8 Å². The monoisotopic (exact) mass is 224 g/mol. The van der Waals surface area contributed by atoms with Crippen LogP contribution in [-0.4, -0.2) is 24.3 Å². The second-order valence-electron chi connectivity index (χ2n) is 4.48. The van der Waals surface area contributed by atoms with Gasteiger partial charge in [-0.3, -0.25) is 0 Å². The molecule has 16 heavy (non-hydrogen) atoms. The summed E-state index contributed by atoms with van der Waals surface area (Å²) in [5, 5.41) is 9.79. The minimum Gasteiger partial charge on any atom is -0.397 e. The van der Waals surface area contributed by atoms with Gasteiger partial charge in [0, 0.05) is 13.1 Å². The normalized spacial score (nSPS) is 25.8. The molecule has 0 aliphatic carbocycles. The maximum absolute atomic E-state index is 13.1. The molecule has 0 aromatic heterocycles. The minimum atomic E-state index is -0.364. The molecule has 3 N–H and O–H groups in total. The van der Waals surface area contributed by atoms with Crippen molar-refractivity contribution in [2.24, 2.45) is 5.92 Å². The van der Waals surface area contributed by atoms with Gasteiger partial charge in [0.1, 0.15) is 5.82 Å². The van der Waals surface area contributed by atoms with E-state index in [-0.39, 0.29) is 11.9 Å². The molecule has 1 saturated heterocycles. The fourth-order valence-electron chi connectivity index (χ4n) is 2.06.